The molecule has 19 heavy (non-hydrogen) atoms. The summed E-state index contributed by atoms with van der Waals surface area (Å²) in [7, 11) is 0. The maximum atomic E-state index is 12.0. The van der Waals surface area contributed by atoms with E-state index in [4.69, 9.17) is 15.6 Å². The van der Waals surface area contributed by atoms with Gasteiger partial charge in [-0.05, 0) is 18.2 Å². The number of hydrogen-bond acceptors (Lipinski definition) is 4. The highest BCUT2D eigenvalue weighted by atomic mass is 79.9. The number of rotatable bonds is 3. The van der Waals surface area contributed by atoms with Crippen LogP contribution in [0.25, 0.3) is 0 Å². The highest BCUT2D eigenvalue weighted by molar-refractivity contribution is 9.10. The van der Waals surface area contributed by atoms with E-state index in [1.807, 2.05) is 0 Å². The maximum absolute atomic E-state index is 12.0. The predicted octanol–water partition coefficient (Wildman–Crippen LogP) is 1.06. The van der Waals surface area contributed by atoms with Gasteiger partial charge in [-0.25, -0.2) is 4.79 Å². The summed E-state index contributed by atoms with van der Waals surface area (Å²) in [5.74, 6) is -1.89. The molecule has 1 aliphatic rings. The van der Waals surface area contributed by atoms with Gasteiger partial charge in [-0.2, -0.15) is 0 Å². The van der Waals surface area contributed by atoms with Crippen molar-refractivity contribution >= 4 is 33.5 Å². The first-order valence-electron chi connectivity index (χ1n) is 5.66. The van der Waals surface area contributed by atoms with E-state index in [-0.39, 0.29) is 29.8 Å². The van der Waals surface area contributed by atoms with E-state index >= 15 is 0 Å². The van der Waals surface area contributed by atoms with Crippen molar-refractivity contribution in [1.82, 2.24) is 0 Å². The third-order valence-electron chi connectivity index (χ3n) is 2.93. The number of ether oxygens (including phenoxy) is 1. The van der Waals surface area contributed by atoms with Crippen molar-refractivity contribution in [2.75, 3.05) is 18.5 Å². The Morgan fingerprint density at radius 2 is 2.16 bits per heavy atom. The average molecular weight is 329 g/mol. The molecule has 4 N–H and O–H groups in total. The standard InChI is InChI=1S/C12H13BrN2O4/c13-6-1-2-7(12(17)18)10(3-6)15-11(16)8-4-19-5-9(8)14/h1-3,8-9H,4-5,14H2,(H,15,16)(H,17,18). The van der Waals surface area contributed by atoms with Gasteiger partial charge in [-0.15, -0.1) is 0 Å². The molecule has 0 spiro atoms. The van der Waals surface area contributed by atoms with Crippen molar-refractivity contribution < 1.29 is 19.4 Å². The van der Waals surface area contributed by atoms with Crippen LogP contribution in [-0.2, 0) is 9.53 Å². The molecule has 0 aliphatic carbocycles. The summed E-state index contributed by atoms with van der Waals surface area (Å²) in [6.45, 7) is 0.589. The first-order valence-corrected chi connectivity index (χ1v) is 6.45. The van der Waals surface area contributed by atoms with Gasteiger partial charge in [0, 0.05) is 10.5 Å². The molecule has 102 valence electrons. The Kier molecular flexibility index (Phi) is 4.18. The first-order chi connectivity index (χ1) is 8.99. The summed E-state index contributed by atoms with van der Waals surface area (Å²) in [6.07, 6.45) is 0. The number of nitrogens with two attached hydrogens (primary N) is 1. The minimum atomic E-state index is -1.10. The number of aromatic carboxylic acids is 1. The topological polar surface area (TPSA) is 102 Å². The molecule has 2 unspecified atom stereocenters. The van der Waals surface area contributed by atoms with Crippen LogP contribution in [0.15, 0.2) is 22.7 Å². The molecule has 0 bridgehead atoms. The van der Waals surface area contributed by atoms with Crippen LogP contribution in [0.3, 0.4) is 0 Å². The minimum Gasteiger partial charge on any atom is -0.478 e. The van der Waals surface area contributed by atoms with Crippen LogP contribution in [0, 0.1) is 5.92 Å². The van der Waals surface area contributed by atoms with Gasteiger partial charge in [0.15, 0.2) is 0 Å². The van der Waals surface area contributed by atoms with Crippen molar-refractivity contribution in [3.05, 3.63) is 28.2 Å². The lowest BCUT2D eigenvalue weighted by atomic mass is 10.0. The van der Waals surface area contributed by atoms with Gasteiger partial charge < -0.3 is 20.9 Å². The van der Waals surface area contributed by atoms with Crippen LogP contribution in [0.2, 0.25) is 0 Å². The molecule has 0 aromatic heterocycles. The fraction of sp³-hybridized carbons (Fsp3) is 0.333. The molecule has 1 aromatic carbocycles. The Labute approximate surface area is 118 Å². The van der Waals surface area contributed by atoms with E-state index in [9.17, 15) is 9.59 Å². The van der Waals surface area contributed by atoms with Gasteiger partial charge in [-0.1, -0.05) is 15.9 Å². The van der Waals surface area contributed by atoms with E-state index < -0.39 is 11.9 Å². The first kappa shape index (κ1) is 14.0. The molecule has 7 heteroatoms. The Morgan fingerprint density at radius 1 is 1.42 bits per heavy atom. The second kappa shape index (κ2) is 5.68. The molecule has 1 aromatic rings. The van der Waals surface area contributed by atoms with Crippen LogP contribution in [-0.4, -0.2) is 36.2 Å². The molecule has 1 saturated heterocycles. The molecule has 2 rings (SSSR count). The summed E-state index contributed by atoms with van der Waals surface area (Å²) < 4.78 is 5.80. The monoisotopic (exact) mass is 328 g/mol. The smallest absolute Gasteiger partial charge is 0.337 e. The number of benzene rings is 1. The van der Waals surface area contributed by atoms with E-state index in [1.54, 1.807) is 12.1 Å². The molecule has 1 aliphatic heterocycles. The molecular formula is C12H13BrN2O4. The molecule has 0 saturated carbocycles. The zero-order chi connectivity index (χ0) is 14.0. The van der Waals surface area contributed by atoms with Crippen LogP contribution < -0.4 is 11.1 Å². The number of carbonyl (C=O) groups excluding carboxylic acids is 1. The molecule has 2 atom stereocenters. The summed E-state index contributed by atoms with van der Waals surface area (Å²) in [6, 6.07) is 4.21. The van der Waals surface area contributed by atoms with E-state index in [2.05, 4.69) is 21.2 Å². The largest absolute Gasteiger partial charge is 0.478 e. The maximum Gasteiger partial charge on any atom is 0.337 e. The molecule has 6 nitrogen and oxygen atoms in total. The summed E-state index contributed by atoms with van der Waals surface area (Å²) in [4.78, 5) is 23.1. The molecule has 0 radical (unpaired) electrons. The van der Waals surface area contributed by atoms with Gasteiger partial charge in [0.2, 0.25) is 5.91 Å². The Balaban J connectivity index is 2.20. The summed E-state index contributed by atoms with van der Waals surface area (Å²) >= 11 is 3.24. The van der Waals surface area contributed by atoms with Crippen molar-refractivity contribution in [2.45, 2.75) is 6.04 Å². The second-order valence-electron chi connectivity index (χ2n) is 4.29. The number of carbonyl (C=O) groups is 2. The fourth-order valence-corrected chi connectivity index (χ4v) is 2.23. The summed E-state index contributed by atoms with van der Waals surface area (Å²) in [5.41, 5.74) is 6.02. The zero-order valence-electron chi connectivity index (χ0n) is 9.93. The lowest BCUT2D eigenvalue weighted by Gasteiger charge is -2.15. The van der Waals surface area contributed by atoms with Gasteiger partial charge in [0.05, 0.1) is 30.4 Å². The van der Waals surface area contributed by atoms with Crippen LogP contribution in [0.4, 0.5) is 5.69 Å². The highest BCUT2D eigenvalue weighted by Crippen LogP contribution is 2.23. The fourth-order valence-electron chi connectivity index (χ4n) is 1.87. The third-order valence-corrected chi connectivity index (χ3v) is 3.42. The number of carboxylic acid groups (broad SMARTS) is 1. The van der Waals surface area contributed by atoms with Crippen molar-refractivity contribution in [2.24, 2.45) is 11.7 Å². The Hall–Kier alpha value is -1.44. The van der Waals surface area contributed by atoms with Crippen molar-refractivity contribution in [3.8, 4) is 0 Å². The molecule has 1 heterocycles. The molecule has 1 amide bonds. The van der Waals surface area contributed by atoms with Crippen LogP contribution >= 0.6 is 15.9 Å². The van der Waals surface area contributed by atoms with E-state index in [0.717, 1.165) is 0 Å². The van der Waals surface area contributed by atoms with Gasteiger partial charge in [0.1, 0.15) is 0 Å². The molecular weight excluding hydrogens is 316 g/mol. The zero-order valence-corrected chi connectivity index (χ0v) is 11.5. The normalized spacial score (nSPS) is 22.2. The number of carboxylic acids is 1. The predicted molar refractivity (Wildman–Crippen MR) is 72.0 cm³/mol. The number of hydrogen-bond donors (Lipinski definition) is 3. The lowest BCUT2D eigenvalue weighted by Crippen LogP contribution is -2.37. The number of anilines is 1. The SMILES string of the molecule is NC1COCC1C(=O)Nc1cc(Br)ccc1C(=O)O. The second-order valence-corrected chi connectivity index (χ2v) is 5.21. The van der Waals surface area contributed by atoms with Gasteiger partial charge in [-0.3, -0.25) is 4.79 Å². The highest BCUT2D eigenvalue weighted by Gasteiger charge is 2.31. The van der Waals surface area contributed by atoms with Gasteiger partial charge >= 0.3 is 5.97 Å². The van der Waals surface area contributed by atoms with Crippen LogP contribution in [0.5, 0.6) is 0 Å². The van der Waals surface area contributed by atoms with E-state index in [1.165, 1.54) is 6.07 Å². The van der Waals surface area contributed by atoms with Crippen molar-refractivity contribution in [3.63, 3.8) is 0 Å². The number of nitrogens with one attached hydrogen (secondary N) is 1. The van der Waals surface area contributed by atoms with Crippen molar-refractivity contribution in [1.29, 1.82) is 0 Å². The average Bonchev–Trinajstić information content (AvgIpc) is 2.75. The van der Waals surface area contributed by atoms with Gasteiger partial charge in [0.25, 0.3) is 0 Å². The van der Waals surface area contributed by atoms with E-state index in [0.29, 0.717) is 11.1 Å². The Bertz CT molecular complexity index is 520. The number of halogens is 1. The minimum absolute atomic E-state index is 0.0315. The quantitative estimate of drug-likeness (QED) is 0.770. The molecule has 1 fully saturated rings. The number of amides is 1. The summed E-state index contributed by atoms with van der Waals surface area (Å²) in [5, 5.41) is 11.7. The lowest BCUT2D eigenvalue weighted by molar-refractivity contribution is -0.120. The third kappa shape index (κ3) is 3.12. The Morgan fingerprint density at radius 3 is 2.74 bits per heavy atom. The van der Waals surface area contributed by atoms with Crippen LogP contribution in [0.1, 0.15) is 10.4 Å².